The molecule has 7 nitrogen and oxygen atoms in total. The fourth-order valence-electron chi connectivity index (χ4n) is 5.56. The molecule has 2 amide bonds. The van der Waals surface area contributed by atoms with Gasteiger partial charge in [-0.15, -0.1) is 0 Å². The Morgan fingerprint density at radius 2 is 1.62 bits per heavy atom. The molecule has 7 rings (SSSR count). The monoisotopic (exact) mass is 469 g/mol. The van der Waals surface area contributed by atoms with Gasteiger partial charge in [0.25, 0.3) is 0 Å². The first-order chi connectivity index (χ1) is 15.4. The van der Waals surface area contributed by atoms with Crippen LogP contribution in [-0.4, -0.2) is 34.2 Å². The van der Waals surface area contributed by atoms with E-state index in [1.165, 1.54) is 18.5 Å². The molecule has 32 heavy (non-hydrogen) atoms. The number of aromatic nitrogens is 2. The fourth-order valence-corrected chi connectivity index (χ4v) is 5.85. The predicted octanol–water partition coefficient (Wildman–Crippen LogP) is 3.60. The van der Waals surface area contributed by atoms with E-state index in [1.807, 2.05) is 0 Å². The molecule has 1 aliphatic heterocycles. The third-order valence-electron chi connectivity index (χ3n) is 7.09. The smallest absolute Gasteiger partial charge is 0.240 e. The van der Waals surface area contributed by atoms with Gasteiger partial charge in [0.15, 0.2) is 18.1 Å². The molecule has 2 heterocycles. The van der Waals surface area contributed by atoms with Crippen molar-refractivity contribution in [1.82, 2.24) is 9.97 Å². The molecule has 6 atom stereocenters. The number of hydrogen-bond donors (Lipinski definition) is 0. The Morgan fingerprint density at radius 3 is 2.22 bits per heavy atom. The van der Waals surface area contributed by atoms with Gasteiger partial charge in [-0.05, 0) is 48.3 Å². The molecule has 0 spiro atoms. The van der Waals surface area contributed by atoms with Crippen LogP contribution >= 0.6 is 23.2 Å². The minimum absolute atomic E-state index is 0.0469. The van der Waals surface area contributed by atoms with Crippen LogP contribution in [0, 0.1) is 35.5 Å². The molecule has 1 aromatic heterocycles. The molecule has 0 N–H and O–H groups in total. The number of nitrogens with zero attached hydrogens (tertiary/aromatic N) is 3. The van der Waals surface area contributed by atoms with Crippen molar-refractivity contribution < 1.29 is 19.1 Å². The Labute approximate surface area is 193 Å². The zero-order chi connectivity index (χ0) is 22.1. The summed E-state index contributed by atoms with van der Waals surface area (Å²) in [4.78, 5) is 48.0. The molecule has 2 unspecified atom stereocenters. The number of amides is 2. The highest BCUT2D eigenvalue weighted by atomic mass is 35.5. The van der Waals surface area contributed by atoms with Crippen molar-refractivity contribution in [2.24, 2.45) is 35.5 Å². The highest BCUT2D eigenvalue weighted by Gasteiger charge is 2.67. The number of hydrogen-bond acceptors (Lipinski definition) is 6. The van der Waals surface area contributed by atoms with Gasteiger partial charge in [-0.1, -0.05) is 35.4 Å². The lowest BCUT2D eigenvalue weighted by molar-refractivity contribution is -0.124. The highest BCUT2D eigenvalue weighted by Crippen LogP contribution is 2.65. The van der Waals surface area contributed by atoms with Gasteiger partial charge in [-0.2, -0.15) is 0 Å². The average Bonchev–Trinajstić information content (AvgIpc) is 3.58. The number of ketones is 1. The van der Waals surface area contributed by atoms with Gasteiger partial charge in [0.2, 0.25) is 17.8 Å². The summed E-state index contributed by atoms with van der Waals surface area (Å²) >= 11 is 11.8. The molecule has 2 bridgehead atoms. The number of anilines is 1. The topological polar surface area (TPSA) is 89.5 Å². The molecule has 2 aromatic rings. The van der Waals surface area contributed by atoms with Crippen LogP contribution in [0.3, 0.4) is 0 Å². The van der Waals surface area contributed by atoms with Crippen LogP contribution in [0.15, 0.2) is 42.7 Å². The Balaban J connectivity index is 1.15. The van der Waals surface area contributed by atoms with E-state index in [2.05, 4.69) is 22.1 Å². The number of carbonyl (C=O) groups excluding carboxylic acids is 3. The van der Waals surface area contributed by atoms with Crippen LogP contribution in [-0.2, 0) is 9.59 Å². The van der Waals surface area contributed by atoms with Crippen LogP contribution < -0.4 is 9.64 Å². The Bertz CT molecular complexity index is 1160. The first kappa shape index (κ1) is 19.9. The predicted molar refractivity (Wildman–Crippen MR) is 116 cm³/mol. The van der Waals surface area contributed by atoms with E-state index in [0.29, 0.717) is 22.4 Å². The second-order valence-corrected chi connectivity index (χ2v) is 9.54. The zero-order valence-corrected chi connectivity index (χ0v) is 18.2. The normalized spacial score (nSPS) is 31.5. The summed E-state index contributed by atoms with van der Waals surface area (Å²) in [6, 6.07) is 4.59. The lowest BCUT2D eigenvalue weighted by Gasteiger charge is -2.37. The molecule has 1 saturated heterocycles. The fraction of sp³-hybridized carbons (Fsp3) is 0.348. The molecular formula is C23H17Cl2N3O4. The van der Waals surface area contributed by atoms with E-state index in [1.54, 1.807) is 12.1 Å². The van der Waals surface area contributed by atoms with Crippen LogP contribution in [0.5, 0.6) is 5.75 Å². The molecule has 5 aliphatic rings. The summed E-state index contributed by atoms with van der Waals surface area (Å²) in [5.41, 5.74) is 0.370. The number of benzene rings is 1. The maximum Gasteiger partial charge on any atom is 0.240 e. The highest BCUT2D eigenvalue weighted by molar-refractivity contribution is 6.42. The molecule has 0 radical (unpaired) electrons. The van der Waals surface area contributed by atoms with Gasteiger partial charge in [-0.3, -0.25) is 14.4 Å². The van der Waals surface area contributed by atoms with E-state index in [-0.39, 0.29) is 64.6 Å². The van der Waals surface area contributed by atoms with Gasteiger partial charge in [0, 0.05) is 5.56 Å². The summed E-state index contributed by atoms with van der Waals surface area (Å²) in [6.07, 6.45) is 8.07. The van der Waals surface area contributed by atoms with Crippen molar-refractivity contribution in [3.05, 3.63) is 58.4 Å². The van der Waals surface area contributed by atoms with Gasteiger partial charge >= 0.3 is 0 Å². The SMILES string of the molecule is O=C(COc1cnc(N2C(=O)[C@@H]3[C@H](C2=O)C2C=C[C@H]3C3C[C@@H]23)nc1)c1ccc(Cl)c(Cl)c1. The van der Waals surface area contributed by atoms with Crippen LogP contribution in [0.2, 0.25) is 10.0 Å². The molecule has 1 aromatic carbocycles. The molecule has 4 aliphatic carbocycles. The standard InChI is InChI=1S/C23H17Cl2N3O4/c24-16-4-1-10(5-17(16)25)18(29)9-32-11-7-26-23(27-8-11)28-21(30)19-12-2-3-13(15-6-14(12)15)20(19)22(28)31/h1-5,7-8,12-15,19-20H,6,9H2/t12-,13?,14?,15-,19-,20+/m0/s1. The van der Waals surface area contributed by atoms with E-state index < -0.39 is 0 Å². The molecule has 3 fully saturated rings. The van der Waals surface area contributed by atoms with Crippen LogP contribution in [0.1, 0.15) is 16.8 Å². The minimum atomic E-state index is -0.301. The summed E-state index contributed by atoms with van der Waals surface area (Å²) in [5.74, 6) is 0.337. The van der Waals surface area contributed by atoms with Gasteiger partial charge < -0.3 is 4.74 Å². The Morgan fingerprint density at radius 1 is 1.00 bits per heavy atom. The van der Waals surface area contributed by atoms with Crippen molar-refractivity contribution in [2.75, 3.05) is 11.5 Å². The number of allylic oxidation sites excluding steroid dienone is 2. The number of rotatable bonds is 5. The van der Waals surface area contributed by atoms with Gasteiger partial charge in [-0.25, -0.2) is 14.9 Å². The van der Waals surface area contributed by atoms with Crippen molar-refractivity contribution in [3.8, 4) is 5.75 Å². The van der Waals surface area contributed by atoms with E-state index >= 15 is 0 Å². The number of imide groups is 1. The third-order valence-corrected chi connectivity index (χ3v) is 7.83. The van der Waals surface area contributed by atoms with Gasteiger partial charge in [0.1, 0.15) is 0 Å². The number of halogens is 2. The first-order valence-electron chi connectivity index (χ1n) is 10.4. The summed E-state index contributed by atoms with van der Waals surface area (Å²) < 4.78 is 5.47. The lowest BCUT2D eigenvalue weighted by atomic mass is 9.63. The van der Waals surface area contributed by atoms with Crippen LogP contribution in [0.25, 0.3) is 0 Å². The second-order valence-electron chi connectivity index (χ2n) is 8.73. The first-order valence-corrected chi connectivity index (χ1v) is 11.2. The molecule has 9 heteroatoms. The third kappa shape index (κ3) is 2.91. The van der Waals surface area contributed by atoms with E-state index in [9.17, 15) is 14.4 Å². The lowest BCUT2D eigenvalue weighted by Crippen LogP contribution is -2.40. The maximum atomic E-state index is 13.1. The Hall–Kier alpha value is -2.77. The quantitative estimate of drug-likeness (QED) is 0.377. The minimum Gasteiger partial charge on any atom is -0.482 e. The van der Waals surface area contributed by atoms with Crippen molar-refractivity contribution in [3.63, 3.8) is 0 Å². The zero-order valence-electron chi connectivity index (χ0n) is 16.7. The number of Topliss-reactive ketones (excluding diaryl/α,β-unsaturated/α-hetero) is 1. The average molecular weight is 470 g/mol. The van der Waals surface area contributed by atoms with Crippen molar-refractivity contribution in [2.45, 2.75) is 6.42 Å². The van der Waals surface area contributed by atoms with Gasteiger partial charge in [0.05, 0.1) is 34.3 Å². The van der Waals surface area contributed by atoms with Crippen molar-refractivity contribution in [1.29, 1.82) is 0 Å². The summed E-state index contributed by atoms with van der Waals surface area (Å²) in [7, 11) is 0. The molecule has 162 valence electrons. The summed E-state index contributed by atoms with van der Waals surface area (Å²) in [5, 5.41) is 0.645. The number of carbonyl (C=O) groups is 3. The van der Waals surface area contributed by atoms with E-state index in [0.717, 1.165) is 11.3 Å². The van der Waals surface area contributed by atoms with Crippen LogP contribution in [0.4, 0.5) is 5.95 Å². The second kappa shape index (κ2) is 7.12. The maximum absolute atomic E-state index is 13.1. The summed E-state index contributed by atoms with van der Waals surface area (Å²) in [6.45, 7) is -0.246. The Kier molecular flexibility index (Phi) is 4.42. The molecular weight excluding hydrogens is 453 g/mol. The molecule has 2 saturated carbocycles. The van der Waals surface area contributed by atoms with Crippen molar-refractivity contribution >= 4 is 46.7 Å². The number of ether oxygens (including phenoxy) is 1. The van der Waals surface area contributed by atoms with E-state index in [4.69, 9.17) is 27.9 Å². The largest absolute Gasteiger partial charge is 0.482 e.